The zero-order valence-electron chi connectivity index (χ0n) is 72.7. The molecule has 32 N–H and O–H groups in total. The average molecular weight is 1750 g/mol. The number of aliphatic imine (C=N–C) groups is 2. The van der Waals surface area contributed by atoms with Gasteiger partial charge in [0.05, 0.1) is 31.4 Å². The van der Waals surface area contributed by atoms with Crippen LogP contribution < -0.4 is 115 Å². The number of carboxylic acids is 2. The molecule has 694 valence electrons. The quantitative estimate of drug-likeness (QED) is 0.0166. The van der Waals surface area contributed by atoms with E-state index in [1.807, 2.05) is 0 Å². The number of carbonyl (C=O) groups excluding carboxylic acids is 15. The first kappa shape index (κ1) is 108. The van der Waals surface area contributed by atoms with Crippen molar-refractivity contribution >= 4 is 112 Å². The molecule has 0 aliphatic heterocycles. The lowest BCUT2D eigenvalue weighted by Gasteiger charge is -2.30. The van der Waals surface area contributed by atoms with Crippen molar-refractivity contribution in [3.8, 4) is 0 Å². The predicted molar refractivity (Wildman–Crippen MR) is 455 cm³/mol. The molecule has 0 aliphatic carbocycles. The molecule has 0 bridgehead atoms. The van der Waals surface area contributed by atoms with E-state index in [9.17, 15) is 96.8 Å². The number of aromatic nitrogens is 2. The number of aliphatic hydroxyl groups excluding tert-OH is 1. The molecule has 1 aromatic heterocycles. The summed E-state index contributed by atoms with van der Waals surface area (Å²) in [5.74, 6) is -19.8. The van der Waals surface area contributed by atoms with Crippen molar-refractivity contribution in [1.29, 1.82) is 0 Å². The number of guanidine groups is 2. The van der Waals surface area contributed by atoms with Crippen LogP contribution in [0.3, 0.4) is 0 Å². The van der Waals surface area contributed by atoms with Gasteiger partial charge < -0.3 is 135 Å². The van der Waals surface area contributed by atoms with E-state index < -0.39 is 229 Å². The number of aromatic amines is 1. The van der Waals surface area contributed by atoms with Gasteiger partial charge in [-0.05, 0) is 126 Å². The second-order valence-corrected chi connectivity index (χ2v) is 32.3. The number of nitrogens with two attached hydrogens (primary N) is 7. The van der Waals surface area contributed by atoms with Crippen LogP contribution in [0.25, 0.3) is 0 Å². The third-order valence-corrected chi connectivity index (χ3v) is 19.1. The summed E-state index contributed by atoms with van der Waals surface area (Å²) in [7, 11) is 0. The molecule has 0 saturated carbocycles. The number of carboxylic acid groups (broad SMARTS) is 2. The number of rotatable bonds is 59. The zero-order valence-corrected chi connectivity index (χ0v) is 72.7. The van der Waals surface area contributed by atoms with Gasteiger partial charge in [0.25, 0.3) is 0 Å². The monoisotopic (exact) mass is 1750 g/mol. The number of hydrogen-bond acceptors (Lipinski definition) is 23. The minimum atomic E-state index is -1.84. The van der Waals surface area contributed by atoms with E-state index >= 15 is 0 Å². The van der Waals surface area contributed by atoms with Gasteiger partial charge in [-0.2, -0.15) is 0 Å². The summed E-state index contributed by atoms with van der Waals surface area (Å²) in [6.07, 6.45) is -0.628. The number of nitrogens with zero attached hydrogens (tertiary/aromatic N) is 3. The number of imidazole rings is 1. The fraction of sp³-hybridized carbons (Fsp3) is 0.646. The molecule has 45 heteroatoms. The number of unbranched alkanes of at least 4 members (excludes halogenated alkanes) is 1. The number of H-pyrrole nitrogens is 1. The van der Waals surface area contributed by atoms with E-state index in [-0.39, 0.29) is 107 Å². The number of amides is 15. The second-order valence-electron chi connectivity index (χ2n) is 32.3. The number of aliphatic hydroxyl groups is 1. The Morgan fingerprint density at radius 2 is 0.839 bits per heavy atom. The Labute approximate surface area is 720 Å². The van der Waals surface area contributed by atoms with Gasteiger partial charge in [0.15, 0.2) is 11.9 Å². The third-order valence-electron chi connectivity index (χ3n) is 19.1. The van der Waals surface area contributed by atoms with Gasteiger partial charge in [0, 0.05) is 44.2 Å². The molecule has 0 aliphatic rings. The van der Waals surface area contributed by atoms with Gasteiger partial charge in [-0.15, -0.1) is 0 Å². The van der Waals surface area contributed by atoms with Crippen molar-refractivity contribution in [2.24, 2.45) is 79.7 Å². The van der Waals surface area contributed by atoms with Crippen LogP contribution >= 0.6 is 0 Å². The molecule has 2 rings (SSSR count). The molecule has 0 spiro atoms. The van der Waals surface area contributed by atoms with Gasteiger partial charge >= 0.3 is 11.9 Å². The van der Waals surface area contributed by atoms with E-state index in [0.717, 1.165) is 6.92 Å². The molecule has 15 amide bonds. The number of hydrogen-bond donors (Lipinski definition) is 25. The number of carbonyl (C=O) groups is 17. The highest BCUT2D eigenvalue weighted by Gasteiger charge is 2.40. The van der Waals surface area contributed by atoms with Crippen molar-refractivity contribution in [2.75, 3.05) is 26.2 Å². The molecule has 0 unspecified atom stereocenters. The van der Waals surface area contributed by atoms with Gasteiger partial charge in [0.1, 0.15) is 78.5 Å². The number of primary amides is 1. The van der Waals surface area contributed by atoms with E-state index in [4.69, 9.17) is 40.1 Å². The first-order chi connectivity index (χ1) is 58.1. The highest BCUT2D eigenvalue weighted by molar-refractivity contribution is 6.01. The van der Waals surface area contributed by atoms with Gasteiger partial charge in [-0.3, -0.25) is 86.7 Å². The summed E-state index contributed by atoms with van der Waals surface area (Å²) in [5.41, 5.74) is 40.1. The minimum absolute atomic E-state index is 0.0155. The predicted octanol–water partition coefficient (Wildman–Crippen LogP) is -6.15. The van der Waals surface area contributed by atoms with Crippen LogP contribution in [-0.2, 0) is 94.3 Å². The first-order valence-electron chi connectivity index (χ1n) is 41.3. The van der Waals surface area contributed by atoms with Crippen LogP contribution in [0.1, 0.15) is 178 Å². The van der Waals surface area contributed by atoms with Crippen molar-refractivity contribution in [2.45, 2.75) is 270 Å². The van der Waals surface area contributed by atoms with Crippen LogP contribution in [0, 0.1) is 29.6 Å². The Balaban J connectivity index is 2.38. The van der Waals surface area contributed by atoms with Crippen LogP contribution in [-0.4, -0.2) is 255 Å². The summed E-state index contributed by atoms with van der Waals surface area (Å²) in [6, 6.07) is -12.5. The lowest BCUT2D eigenvalue weighted by atomic mass is 9.98. The smallest absolute Gasteiger partial charge is 0.326 e. The highest BCUT2D eigenvalue weighted by atomic mass is 16.4. The Kier molecular flexibility index (Phi) is 48.5. The summed E-state index contributed by atoms with van der Waals surface area (Å²) < 4.78 is 0. The van der Waals surface area contributed by atoms with Crippen molar-refractivity contribution in [3.05, 3.63) is 54.1 Å². The molecule has 2 aromatic rings. The topological polar surface area (TPSA) is 755 Å². The normalized spacial score (nSPS) is 14.9. The molecule has 1 aromatic carbocycles. The van der Waals surface area contributed by atoms with Crippen LogP contribution in [0.4, 0.5) is 0 Å². The van der Waals surface area contributed by atoms with Crippen LogP contribution in [0.15, 0.2) is 52.8 Å². The largest absolute Gasteiger partial charge is 0.481 e. The fourth-order valence-corrected chi connectivity index (χ4v) is 12.4. The summed E-state index contributed by atoms with van der Waals surface area (Å²) in [4.78, 5) is 248. The molecular weight excluding hydrogens is 1620 g/mol. The summed E-state index contributed by atoms with van der Waals surface area (Å²) >= 11 is 0. The van der Waals surface area contributed by atoms with E-state index in [0.29, 0.717) is 30.5 Å². The summed E-state index contributed by atoms with van der Waals surface area (Å²) in [5, 5.41) is 65.7. The Morgan fingerprint density at radius 3 is 1.30 bits per heavy atom. The lowest BCUT2D eigenvalue weighted by Crippen LogP contribution is -2.61. The molecule has 45 nitrogen and oxygen atoms in total. The number of nitrogens with one attached hydrogen (secondary N) is 15. The fourth-order valence-electron chi connectivity index (χ4n) is 12.4. The van der Waals surface area contributed by atoms with E-state index in [2.05, 4.69) is 94.4 Å². The van der Waals surface area contributed by atoms with E-state index in [1.165, 1.54) is 19.4 Å². The maximum absolute atomic E-state index is 14.4. The lowest BCUT2D eigenvalue weighted by molar-refractivity contribution is -0.143. The SMILES string of the molecule is CC(C)C[C@H](NC(=O)[C@H](CC(N)=O)NC(=O)[C@@H](NC(=O)[C@H](CC(C)C)NC(=O)[C@H](CCCCN)NC(=O)[C@@H](NC(=O)[C@@H](N)CCCN=C(N)N)C(C)C)C(C)C)C(=O)NCC(=O)N[C@@H](Cc1ccccc1)C(=O)N[C@@H](C)C(=O)N[C@H](C(=O)N[C@@H](CC(C)C)C(=O)N[C@@H](CCCN=C(N)N)C(=O)N[C@@H](CCC(=O)O)C(=O)N[C@@H](Cc1cnc[nH]1)C(=O)O)[C@@H](C)O. The second kappa shape index (κ2) is 55.8. The van der Waals surface area contributed by atoms with Crippen molar-refractivity contribution in [1.82, 2.24) is 84.4 Å². The van der Waals surface area contributed by atoms with Crippen LogP contribution in [0.2, 0.25) is 0 Å². The average Bonchev–Trinajstić information content (AvgIpc) is 0.953. The van der Waals surface area contributed by atoms with Crippen molar-refractivity contribution < 1.29 is 96.8 Å². The zero-order chi connectivity index (χ0) is 93.8. The standard InChI is InChI=1S/C79H133N25O20/c1-39(2)30-52(97-72(118)56(35-58(82)106)100-75(121)62(43(9)10)103-73(119)54(32-41(5)6)98-68(114)49(23-16-17-27-80)96-74(120)61(42(7)8)102-65(111)48(81)22-18-28-88-78(83)84)66(112)90-37-59(107)93-55(33-46-20-14-13-15-21-46)70(116)92-44(11)64(110)104-63(45(12)105)76(122)99-53(31-40(3)4)71(117)94-50(24-19-29-89-79(85)86)67(113)95-51(25-26-60(108)109)69(115)101-57(77(123)124)34-47-36-87-38-91-47/h13-15,20-21,36,38-45,48-57,61-63,105H,16-19,22-35,37,80-81H2,1-12H3,(H2,82,106)(H,87,91)(H,90,112)(H,92,116)(H,93,107)(H,94,117)(H,95,113)(H,96,120)(H,97,118)(H,98,114)(H,99,122)(H,100,121)(H,101,115)(H,102,111)(H,103,119)(H,104,110)(H,108,109)(H,123,124)(H4,83,84,88)(H4,85,86,89)/t44-,45+,48-,49-,50-,51-,52-,53-,54-,55-,56-,57-,61-,62-,63-/m0/s1. The number of benzene rings is 1. The molecular formula is C79H133N25O20. The maximum atomic E-state index is 14.4. The molecule has 0 radical (unpaired) electrons. The van der Waals surface area contributed by atoms with Gasteiger partial charge in [-0.1, -0.05) is 99.6 Å². The van der Waals surface area contributed by atoms with E-state index in [1.54, 1.807) is 99.6 Å². The first-order valence-corrected chi connectivity index (χ1v) is 41.3. The van der Waals surface area contributed by atoms with Crippen molar-refractivity contribution in [3.63, 3.8) is 0 Å². The molecule has 124 heavy (non-hydrogen) atoms. The third kappa shape index (κ3) is 42.1. The van der Waals surface area contributed by atoms with Gasteiger partial charge in [-0.25, -0.2) is 9.78 Å². The number of aliphatic carboxylic acids is 2. The Bertz CT molecular complexity index is 3910. The van der Waals surface area contributed by atoms with Gasteiger partial charge in [0.2, 0.25) is 88.6 Å². The highest BCUT2D eigenvalue weighted by Crippen LogP contribution is 2.16. The molecule has 0 fully saturated rings. The molecule has 0 saturated heterocycles. The Morgan fingerprint density at radius 1 is 0.427 bits per heavy atom. The minimum Gasteiger partial charge on any atom is -0.481 e. The summed E-state index contributed by atoms with van der Waals surface area (Å²) in [6.45, 7) is 18.7. The molecule has 15 atom stereocenters. The Hall–Kier alpha value is -12.2. The molecule has 1 heterocycles. The maximum Gasteiger partial charge on any atom is 0.326 e. The van der Waals surface area contributed by atoms with Crippen LogP contribution in [0.5, 0.6) is 0 Å².